The van der Waals surface area contributed by atoms with Gasteiger partial charge in [-0.2, -0.15) is 0 Å². The van der Waals surface area contributed by atoms with Crippen molar-refractivity contribution in [1.82, 2.24) is 5.32 Å². The van der Waals surface area contributed by atoms with Gasteiger partial charge in [0.15, 0.2) is 0 Å². The van der Waals surface area contributed by atoms with E-state index in [-0.39, 0.29) is 17.4 Å². The van der Waals surface area contributed by atoms with Gasteiger partial charge in [0.1, 0.15) is 0 Å². The average Bonchev–Trinajstić information content (AvgIpc) is 2.62. The first-order chi connectivity index (χ1) is 6.60. The van der Waals surface area contributed by atoms with Crippen LogP contribution in [0.1, 0.15) is 25.1 Å². The highest BCUT2D eigenvalue weighted by atomic mass is 32.1. The third-order valence-corrected chi connectivity index (χ3v) is 4.02. The molecule has 0 aromatic carbocycles. The van der Waals surface area contributed by atoms with Crippen LogP contribution in [0.25, 0.3) is 0 Å². The van der Waals surface area contributed by atoms with Gasteiger partial charge in [0, 0.05) is 22.8 Å². The van der Waals surface area contributed by atoms with Crippen LogP contribution in [-0.2, 0) is 11.2 Å². The van der Waals surface area contributed by atoms with E-state index in [0.29, 0.717) is 6.42 Å². The maximum atomic E-state index is 11.3. The Kier molecular flexibility index (Phi) is 2.35. The molecule has 1 aromatic rings. The summed E-state index contributed by atoms with van der Waals surface area (Å²) in [4.78, 5) is 12.7. The molecule has 1 N–H and O–H groups in total. The number of hydrogen-bond acceptors (Lipinski definition) is 2. The normalized spacial score (nSPS) is 31.9. The molecule has 2 unspecified atom stereocenters. The van der Waals surface area contributed by atoms with Crippen LogP contribution < -0.4 is 5.32 Å². The summed E-state index contributed by atoms with van der Waals surface area (Å²) in [6.45, 7) is 4.29. The Balaban J connectivity index is 2.13. The lowest BCUT2D eigenvalue weighted by molar-refractivity contribution is -0.119. The van der Waals surface area contributed by atoms with Crippen molar-refractivity contribution in [2.24, 2.45) is 5.41 Å². The van der Waals surface area contributed by atoms with Gasteiger partial charge in [-0.3, -0.25) is 4.79 Å². The Morgan fingerprint density at radius 1 is 1.71 bits per heavy atom. The van der Waals surface area contributed by atoms with Crippen LogP contribution in [0.5, 0.6) is 0 Å². The maximum Gasteiger partial charge on any atom is 0.220 e. The minimum Gasteiger partial charge on any atom is -0.353 e. The average molecular weight is 209 g/mol. The van der Waals surface area contributed by atoms with E-state index < -0.39 is 0 Å². The van der Waals surface area contributed by atoms with Crippen molar-refractivity contribution in [2.45, 2.75) is 32.7 Å². The third-order valence-electron chi connectivity index (χ3n) is 3.15. The molecule has 2 nitrogen and oxygen atoms in total. The molecule has 0 aliphatic carbocycles. The predicted octanol–water partition coefficient (Wildman–Crippen LogP) is 2.21. The molecule has 0 spiro atoms. The van der Waals surface area contributed by atoms with Crippen molar-refractivity contribution in [3.05, 3.63) is 22.4 Å². The number of carbonyl (C=O) groups is 1. The number of hydrogen-bond donors (Lipinski definition) is 1. The minimum absolute atomic E-state index is 0.0991. The predicted molar refractivity (Wildman–Crippen MR) is 58.4 cm³/mol. The zero-order valence-electron chi connectivity index (χ0n) is 8.54. The van der Waals surface area contributed by atoms with Crippen LogP contribution in [0, 0.1) is 5.41 Å². The zero-order valence-corrected chi connectivity index (χ0v) is 9.36. The first-order valence-electron chi connectivity index (χ1n) is 4.92. The quantitative estimate of drug-likeness (QED) is 0.795. The van der Waals surface area contributed by atoms with Gasteiger partial charge in [-0.1, -0.05) is 13.0 Å². The van der Waals surface area contributed by atoms with Crippen molar-refractivity contribution < 1.29 is 4.79 Å². The summed E-state index contributed by atoms with van der Waals surface area (Å²) in [6, 6.07) is 4.50. The molecular weight excluding hydrogens is 194 g/mol. The number of nitrogens with one attached hydrogen (secondary N) is 1. The monoisotopic (exact) mass is 209 g/mol. The van der Waals surface area contributed by atoms with Gasteiger partial charge in [-0.25, -0.2) is 0 Å². The van der Waals surface area contributed by atoms with Crippen molar-refractivity contribution in [1.29, 1.82) is 0 Å². The van der Waals surface area contributed by atoms with Crippen molar-refractivity contribution in [3.63, 3.8) is 0 Å². The molecule has 1 aliphatic rings. The number of rotatable bonds is 2. The van der Waals surface area contributed by atoms with Crippen LogP contribution in [0.3, 0.4) is 0 Å². The van der Waals surface area contributed by atoms with Gasteiger partial charge in [-0.15, -0.1) is 11.3 Å². The van der Waals surface area contributed by atoms with E-state index in [9.17, 15) is 4.79 Å². The summed E-state index contributed by atoms with van der Waals surface area (Å²) in [5.41, 5.74) is 0.0991. The maximum absolute atomic E-state index is 11.3. The lowest BCUT2D eigenvalue weighted by atomic mass is 9.80. The lowest BCUT2D eigenvalue weighted by Gasteiger charge is -2.26. The molecule has 76 valence electrons. The van der Waals surface area contributed by atoms with E-state index >= 15 is 0 Å². The fourth-order valence-electron chi connectivity index (χ4n) is 2.01. The van der Waals surface area contributed by atoms with Crippen molar-refractivity contribution in [3.8, 4) is 0 Å². The smallest absolute Gasteiger partial charge is 0.220 e. The standard InChI is InChI=1S/C11H15NOS/c1-8-11(2,7-10(13)12-8)6-9-4-3-5-14-9/h3-5,8H,6-7H2,1-2H3,(H,12,13). The molecule has 0 radical (unpaired) electrons. The van der Waals surface area contributed by atoms with Crippen molar-refractivity contribution >= 4 is 17.2 Å². The second kappa shape index (κ2) is 3.39. The molecule has 14 heavy (non-hydrogen) atoms. The number of thiophene rings is 1. The van der Waals surface area contributed by atoms with Crippen LogP contribution in [-0.4, -0.2) is 11.9 Å². The summed E-state index contributed by atoms with van der Waals surface area (Å²) >= 11 is 1.77. The summed E-state index contributed by atoms with van der Waals surface area (Å²) in [6.07, 6.45) is 1.66. The molecule has 2 heterocycles. The number of amides is 1. The van der Waals surface area contributed by atoms with Gasteiger partial charge in [0.05, 0.1) is 0 Å². The summed E-state index contributed by atoms with van der Waals surface area (Å²) in [5.74, 6) is 0.191. The summed E-state index contributed by atoms with van der Waals surface area (Å²) < 4.78 is 0. The molecule has 1 amide bonds. The van der Waals surface area contributed by atoms with Crippen LogP contribution >= 0.6 is 11.3 Å². The van der Waals surface area contributed by atoms with E-state index in [1.165, 1.54) is 4.88 Å². The van der Waals surface area contributed by atoms with E-state index in [4.69, 9.17) is 0 Å². The molecule has 0 bridgehead atoms. The highest BCUT2D eigenvalue weighted by Gasteiger charge is 2.40. The second-order valence-electron chi connectivity index (χ2n) is 4.38. The largest absolute Gasteiger partial charge is 0.353 e. The van der Waals surface area contributed by atoms with E-state index in [1.54, 1.807) is 11.3 Å². The van der Waals surface area contributed by atoms with Gasteiger partial charge in [0.25, 0.3) is 0 Å². The molecule has 1 saturated heterocycles. The third kappa shape index (κ3) is 1.69. The molecular formula is C11H15NOS. The van der Waals surface area contributed by atoms with Crippen LogP contribution in [0.4, 0.5) is 0 Å². The van der Waals surface area contributed by atoms with Gasteiger partial charge in [-0.05, 0) is 24.8 Å². The first-order valence-corrected chi connectivity index (χ1v) is 5.80. The van der Waals surface area contributed by atoms with Crippen molar-refractivity contribution in [2.75, 3.05) is 0 Å². The summed E-state index contributed by atoms with van der Waals surface area (Å²) in [7, 11) is 0. The Labute approximate surface area is 88.3 Å². The molecule has 0 saturated carbocycles. The Bertz CT molecular complexity index is 333. The fourth-order valence-corrected chi connectivity index (χ4v) is 2.92. The Hall–Kier alpha value is -0.830. The first kappa shape index (κ1) is 9.71. The van der Waals surface area contributed by atoms with Crippen LogP contribution in [0.15, 0.2) is 17.5 Å². The number of carbonyl (C=O) groups excluding carboxylic acids is 1. The molecule has 1 aromatic heterocycles. The van der Waals surface area contributed by atoms with E-state index in [1.807, 2.05) is 0 Å². The Morgan fingerprint density at radius 2 is 2.50 bits per heavy atom. The van der Waals surface area contributed by atoms with E-state index in [0.717, 1.165) is 6.42 Å². The molecule has 3 heteroatoms. The molecule has 1 aliphatic heterocycles. The Morgan fingerprint density at radius 3 is 3.00 bits per heavy atom. The highest BCUT2D eigenvalue weighted by Crippen LogP contribution is 2.35. The zero-order chi connectivity index (χ0) is 10.2. The van der Waals surface area contributed by atoms with Gasteiger partial charge >= 0.3 is 0 Å². The SMILES string of the molecule is CC1NC(=O)CC1(C)Cc1cccs1. The van der Waals surface area contributed by atoms with Gasteiger partial charge in [0.2, 0.25) is 5.91 Å². The molecule has 2 atom stereocenters. The minimum atomic E-state index is 0.0991. The van der Waals surface area contributed by atoms with E-state index in [2.05, 4.69) is 36.7 Å². The highest BCUT2D eigenvalue weighted by molar-refractivity contribution is 7.09. The van der Waals surface area contributed by atoms with Crippen LogP contribution in [0.2, 0.25) is 0 Å². The topological polar surface area (TPSA) is 29.1 Å². The molecule has 1 fully saturated rings. The fraction of sp³-hybridized carbons (Fsp3) is 0.545. The van der Waals surface area contributed by atoms with Gasteiger partial charge < -0.3 is 5.32 Å². The molecule has 2 rings (SSSR count). The summed E-state index contributed by atoms with van der Waals surface area (Å²) in [5, 5.41) is 5.08. The second-order valence-corrected chi connectivity index (χ2v) is 5.41. The lowest BCUT2D eigenvalue weighted by Crippen LogP contribution is -2.33.